The Morgan fingerprint density at radius 2 is 2.20 bits per heavy atom. The lowest BCUT2D eigenvalue weighted by Gasteiger charge is -2.10. The molecule has 0 bridgehead atoms. The molecular weight excluding hydrogens is 214 g/mol. The van der Waals surface area contributed by atoms with Gasteiger partial charge in [0.25, 0.3) is 0 Å². The van der Waals surface area contributed by atoms with Gasteiger partial charge in [-0.3, -0.25) is 9.36 Å². The van der Waals surface area contributed by atoms with Gasteiger partial charge in [0, 0.05) is 18.2 Å². The van der Waals surface area contributed by atoms with Gasteiger partial charge < -0.3 is 11.5 Å². The molecule has 1 aromatic heterocycles. The molecule has 0 saturated carbocycles. The number of nitrogens with zero attached hydrogens (tertiary/aromatic N) is 3. The summed E-state index contributed by atoms with van der Waals surface area (Å²) in [5.41, 5.74) is 10.7. The van der Waals surface area contributed by atoms with Gasteiger partial charge in [0.05, 0.1) is 0 Å². The highest BCUT2D eigenvalue weighted by Crippen LogP contribution is 2.22. The number of hydrogen-bond donors (Lipinski definition) is 2. The molecule has 1 aromatic rings. The van der Waals surface area contributed by atoms with Crippen molar-refractivity contribution in [2.24, 2.45) is 5.73 Å². The molecule has 6 nitrogen and oxygen atoms in total. The van der Waals surface area contributed by atoms with E-state index in [0.717, 1.165) is 5.16 Å². The lowest BCUT2D eigenvalue weighted by Crippen LogP contribution is -2.11. The van der Waals surface area contributed by atoms with Gasteiger partial charge in [-0.1, -0.05) is 11.8 Å². The maximum atomic E-state index is 10.6. The third-order valence-electron chi connectivity index (χ3n) is 1.79. The molecule has 1 rings (SSSR count). The fraction of sp³-hybridized carbons (Fsp3) is 0.625. The van der Waals surface area contributed by atoms with Crippen molar-refractivity contribution in [2.45, 2.75) is 31.5 Å². The second-order valence-corrected chi connectivity index (χ2v) is 4.43. The number of carbonyl (C=O) groups is 1. The summed E-state index contributed by atoms with van der Waals surface area (Å²) in [5.74, 6) is 0.679. The summed E-state index contributed by atoms with van der Waals surface area (Å²) in [6.07, 6.45) is 0.329. The van der Waals surface area contributed by atoms with E-state index in [2.05, 4.69) is 10.2 Å². The van der Waals surface area contributed by atoms with E-state index in [1.165, 1.54) is 11.8 Å². The van der Waals surface area contributed by atoms with Crippen molar-refractivity contribution in [1.29, 1.82) is 0 Å². The minimum atomic E-state index is -0.314. The quantitative estimate of drug-likeness (QED) is 0.712. The van der Waals surface area contributed by atoms with Crippen LogP contribution in [0.15, 0.2) is 5.16 Å². The number of rotatable bonds is 5. The normalized spacial score (nSPS) is 10.9. The maximum absolute atomic E-state index is 10.6. The van der Waals surface area contributed by atoms with Gasteiger partial charge >= 0.3 is 0 Å². The van der Waals surface area contributed by atoms with Crippen molar-refractivity contribution in [2.75, 3.05) is 11.5 Å². The second-order valence-electron chi connectivity index (χ2n) is 3.37. The SMILES string of the molecule is CC(C)n1c(N)nnc1SCCC(N)=O. The molecular formula is C8H15N5OS. The number of anilines is 1. The Labute approximate surface area is 92.4 Å². The maximum Gasteiger partial charge on any atom is 0.222 e. The Balaban J connectivity index is 2.64. The number of nitrogens with two attached hydrogens (primary N) is 2. The zero-order valence-corrected chi connectivity index (χ0v) is 9.62. The van der Waals surface area contributed by atoms with E-state index in [1.807, 2.05) is 18.4 Å². The van der Waals surface area contributed by atoms with Crippen LogP contribution in [0.4, 0.5) is 5.95 Å². The minimum Gasteiger partial charge on any atom is -0.370 e. The van der Waals surface area contributed by atoms with Crippen molar-refractivity contribution in [1.82, 2.24) is 14.8 Å². The first-order valence-corrected chi connectivity index (χ1v) is 5.62. The molecule has 0 aliphatic rings. The van der Waals surface area contributed by atoms with E-state index in [1.54, 1.807) is 0 Å². The molecule has 0 unspecified atom stereocenters. The highest BCUT2D eigenvalue weighted by atomic mass is 32.2. The molecule has 0 aliphatic carbocycles. The van der Waals surface area contributed by atoms with Crippen LogP contribution in [0.25, 0.3) is 0 Å². The predicted octanol–water partition coefficient (Wildman–Crippen LogP) is 0.409. The standard InChI is InChI=1S/C8H15N5OS/c1-5(2)13-7(10)11-12-8(13)15-4-3-6(9)14/h5H,3-4H2,1-2H3,(H2,9,14)(H2,10,11). The van der Waals surface area contributed by atoms with Gasteiger partial charge in [-0.15, -0.1) is 10.2 Å². The van der Waals surface area contributed by atoms with E-state index >= 15 is 0 Å². The van der Waals surface area contributed by atoms with Gasteiger partial charge in [-0.25, -0.2) is 0 Å². The molecule has 0 aromatic carbocycles. The smallest absolute Gasteiger partial charge is 0.222 e. The van der Waals surface area contributed by atoms with Gasteiger partial charge in [-0.2, -0.15) is 0 Å². The van der Waals surface area contributed by atoms with Crippen LogP contribution in [0.3, 0.4) is 0 Å². The molecule has 15 heavy (non-hydrogen) atoms. The van der Waals surface area contributed by atoms with Crippen molar-refractivity contribution in [3.63, 3.8) is 0 Å². The number of thioether (sulfide) groups is 1. The minimum absolute atomic E-state index is 0.205. The number of amides is 1. The van der Waals surface area contributed by atoms with Crippen molar-refractivity contribution in [3.8, 4) is 0 Å². The fourth-order valence-electron chi connectivity index (χ4n) is 1.12. The van der Waals surface area contributed by atoms with E-state index in [-0.39, 0.29) is 11.9 Å². The first-order chi connectivity index (χ1) is 7.02. The molecule has 0 spiro atoms. The van der Waals surface area contributed by atoms with Gasteiger partial charge in [-0.05, 0) is 13.8 Å². The van der Waals surface area contributed by atoms with Crippen LogP contribution in [-0.4, -0.2) is 26.4 Å². The lowest BCUT2D eigenvalue weighted by molar-refractivity contribution is -0.117. The topological polar surface area (TPSA) is 99.8 Å². The summed E-state index contributed by atoms with van der Waals surface area (Å²) in [4.78, 5) is 10.6. The van der Waals surface area contributed by atoms with Gasteiger partial charge in [0.2, 0.25) is 11.9 Å². The number of aromatic nitrogens is 3. The number of primary amides is 1. The third kappa shape index (κ3) is 3.12. The van der Waals surface area contributed by atoms with Crippen LogP contribution in [-0.2, 0) is 4.79 Å². The zero-order chi connectivity index (χ0) is 11.4. The molecule has 0 saturated heterocycles. The summed E-state index contributed by atoms with van der Waals surface area (Å²) in [6.45, 7) is 4.00. The second kappa shape index (κ2) is 5.01. The summed E-state index contributed by atoms with van der Waals surface area (Å²) in [6, 6.07) is 0.205. The average molecular weight is 229 g/mol. The van der Waals surface area contributed by atoms with Crippen LogP contribution < -0.4 is 11.5 Å². The van der Waals surface area contributed by atoms with E-state index in [9.17, 15) is 4.79 Å². The third-order valence-corrected chi connectivity index (χ3v) is 2.73. The molecule has 0 atom stereocenters. The number of carbonyl (C=O) groups excluding carboxylic acids is 1. The summed E-state index contributed by atoms with van der Waals surface area (Å²) in [7, 11) is 0. The summed E-state index contributed by atoms with van der Waals surface area (Å²) >= 11 is 1.43. The molecule has 0 fully saturated rings. The molecule has 0 radical (unpaired) electrons. The largest absolute Gasteiger partial charge is 0.370 e. The number of nitrogen functional groups attached to an aromatic ring is 1. The molecule has 4 N–H and O–H groups in total. The van der Waals surface area contributed by atoms with Crippen LogP contribution in [0.1, 0.15) is 26.3 Å². The Hall–Kier alpha value is -1.24. The van der Waals surface area contributed by atoms with Crippen LogP contribution in [0.2, 0.25) is 0 Å². The Bertz CT molecular complexity index is 349. The highest BCUT2D eigenvalue weighted by molar-refractivity contribution is 7.99. The number of hydrogen-bond acceptors (Lipinski definition) is 5. The van der Waals surface area contributed by atoms with E-state index in [4.69, 9.17) is 11.5 Å². The molecule has 84 valence electrons. The van der Waals surface area contributed by atoms with Crippen molar-refractivity contribution in [3.05, 3.63) is 0 Å². The lowest BCUT2D eigenvalue weighted by atomic mass is 10.4. The average Bonchev–Trinajstić information content (AvgIpc) is 2.46. The van der Waals surface area contributed by atoms with Crippen LogP contribution >= 0.6 is 11.8 Å². The van der Waals surface area contributed by atoms with Gasteiger partial charge in [0.1, 0.15) is 0 Å². The zero-order valence-electron chi connectivity index (χ0n) is 8.80. The van der Waals surface area contributed by atoms with Crippen molar-refractivity contribution < 1.29 is 4.79 Å². The Morgan fingerprint density at radius 3 is 2.73 bits per heavy atom. The Kier molecular flexibility index (Phi) is 3.96. The van der Waals surface area contributed by atoms with Crippen molar-refractivity contribution >= 4 is 23.6 Å². The molecule has 7 heteroatoms. The first kappa shape index (κ1) is 11.8. The van der Waals surface area contributed by atoms with Gasteiger partial charge in [0.15, 0.2) is 5.16 Å². The van der Waals surface area contributed by atoms with E-state index in [0.29, 0.717) is 18.1 Å². The summed E-state index contributed by atoms with van der Waals surface area (Å²) in [5, 5.41) is 8.45. The highest BCUT2D eigenvalue weighted by Gasteiger charge is 2.12. The monoisotopic (exact) mass is 229 g/mol. The molecule has 0 aliphatic heterocycles. The Morgan fingerprint density at radius 1 is 1.53 bits per heavy atom. The molecule has 1 heterocycles. The van der Waals surface area contributed by atoms with E-state index < -0.39 is 0 Å². The fourth-order valence-corrected chi connectivity index (χ4v) is 2.14. The predicted molar refractivity (Wildman–Crippen MR) is 59.4 cm³/mol. The molecule has 1 amide bonds. The van der Waals surface area contributed by atoms with Crippen LogP contribution in [0.5, 0.6) is 0 Å². The van der Waals surface area contributed by atoms with Crippen LogP contribution in [0, 0.1) is 0 Å². The summed E-state index contributed by atoms with van der Waals surface area (Å²) < 4.78 is 1.83. The first-order valence-electron chi connectivity index (χ1n) is 4.64.